The van der Waals surface area contributed by atoms with Crippen LogP contribution < -0.4 is 10.6 Å². The van der Waals surface area contributed by atoms with E-state index in [1.54, 1.807) is 41.4 Å². The summed E-state index contributed by atoms with van der Waals surface area (Å²) in [5.41, 5.74) is 7.50. The van der Waals surface area contributed by atoms with E-state index < -0.39 is 17.6 Å². The Labute approximate surface area is 149 Å². The number of hydrogen-bond donors (Lipinski definition) is 1. The Kier molecular flexibility index (Phi) is 3.88. The van der Waals surface area contributed by atoms with Gasteiger partial charge in [-0.2, -0.15) is 0 Å². The molecule has 130 valence electrons. The molecular weight excluding hydrogens is 333 g/mol. The van der Waals surface area contributed by atoms with Gasteiger partial charge < -0.3 is 10.6 Å². The lowest BCUT2D eigenvalue weighted by Crippen LogP contribution is -2.39. The van der Waals surface area contributed by atoms with Gasteiger partial charge in [0.05, 0.1) is 17.0 Å². The lowest BCUT2D eigenvalue weighted by atomic mass is 9.89. The van der Waals surface area contributed by atoms with Gasteiger partial charge in [-0.1, -0.05) is 24.3 Å². The molecule has 4 rings (SSSR count). The molecule has 1 aliphatic rings. The second-order valence-electron chi connectivity index (χ2n) is 6.29. The molecule has 0 aliphatic carbocycles. The summed E-state index contributed by atoms with van der Waals surface area (Å²) in [5.74, 6) is -1.68. The largest absolute Gasteiger partial charge is 0.369 e. The summed E-state index contributed by atoms with van der Waals surface area (Å²) >= 11 is 0. The Morgan fingerprint density at radius 2 is 1.96 bits per heavy atom. The van der Waals surface area contributed by atoms with Gasteiger partial charge in [0.1, 0.15) is 5.82 Å². The van der Waals surface area contributed by atoms with Gasteiger partial charge in [0.15, 0.2) is 0 Å². The summed E-state index contributed by atoms with van der Waals surface area (Å²) in [4.78, 5) is 30.8. The number of anilines is 1. The summed E-state index contributed by atoms with van der Waals surface area (Å²) in [7, 11) is 0. The van der Waals surface area contributed by atoms with E-state index in [-0.39, 0.29) is 11.5 Å². The number of carbonyl (C=O) groups is 2. The number of nitrogens with zero attached hydrogens (tertiary/aromatic N) is 2. The minimum absolute atomic E-state index is 0.202. The van der Waals surface area contributed by atoms with Crippen molar-refractivity contribution in [3.05, 3.63) is 71.7 Å². The van der Waals surface area contributed by atoms with Gasteiger partial charge in [-0.15, -0.1) is 0 Å². The van der Waals surface area contributed by atoms with E-state index in [9.17, 15) is 14.0 Å². The van der Waals surface area contributed by atoms with Gasteiger partial charge in [0.25, 0.3) is 5.91 Å². The minimum atomic E-state index is -0.492. The van der Waals surface area contributed by atoms with Crippen molar-refractivity contribution in [1.29, 1.82) is 0 Å². The molecule has 0 spiro atoms. The fourth-order valence-corrected chi connectivity index (χ4v) is 3.53. The number of nitrogens with two attached hydrogens (primary N) is 1. The van der Waals surface area contributed by atoms with Crippen molar-refractivity contribution in [3.63, 3.8) is 0 Å². The predicted molar refractivity (Wildman–Crippen MR) is 96.4 cm³/mol. The molecule has 0 fully saturated rings. The maximum Gasteiger partial charge on any atom is 0.260 e. The van der Waals surface area contributed by atoms with Crippen molar-refractivity contribution in [3.8, 4) is 0 Å². The first-order chi connectivity index (χ1) is 12.6. The molecule has 1 atom stereocenters. The monoisotopic (exact) mass is 349 g/mol. The maximum absolute atomic E-state index is 14.0. The topological polar surface area (TPSA) is 76.3 Å². The molecule has 0 radical (unpaired) electrons. The maximum atomic E-state index is 14.0. The summed E-state index contributed by atoms with van der Waals surface area (Å²) in [6.45, 7) is 0.328. The van der Waals surface area contributed by atoms with Crippen LogP contribution in [0.3, 0.4) is 0 Å². The lowest BCUT2D eigenvalue weighted by molar-refractivity contribution is -0.119. The minimum Gasteiger partial charge on any atom is -0.369 e. The molecule has 2 heterocycles. The number of carbonyl (C=O) groups excluding carboxylic acids is 2. The Bertz CT molecular complexity index is 1030. The second-order valence-corrected chi connectivity index (χ2v) is 6.29. The third-order valence-corrected chi connectivity index (χ3v) is 4.73. The average molecular weight is 349 g/mol. The zero-order valence-corrected chi connectivity index (χ0v) is 13.9. The van der Waals surface area contributed by atoms with Gasteiger partial charge in [-0.3, -0.25) is 14.6 Å². The first-order valence-corrected chi connectivity index (χ1v) is 8.30. The highest BCUT2D eigenvalue weighted by atomic mass is 19.1. The molecule has 2 amide bonds. The number of aromatic nitrogens is 1. The Morgan fingerprint density at radius 1 is 1.15 bits per heavy atom. The molecule has 0 bridgehead atoms. The van der Waals surface area contributed by atoms with E-state index in [0.717, 1.165) is 0 Å². The van der Waals surface area contributed by atoms with Gasteiger partial charge in [0, 0.05) is 23.8 Å². The van der Waals surface area contributed by atoms with Gasteiger partial charge in [-0.05, 0) is 36.2 Å². The highest BCUT2D eigenvalue weighted by Gasteiger charge is 2.32. The van der Waals surface area contributed by atoms with E-state index in [0.29, 0.717) is 35.1 Å². The average Bonchev–Trinajstić information content (AvgIpc) is 2.65. The first kappa shape index (κ1) is 16.2. The number of hydrogen-bond acceptors (Lipinski definition) is 3. The zero-order valence-electron chi connectivity index (χ0n) is 13.9. The Morgan fingerprint density at radius 3 is 2.77 bits per heavy atom. The molecule has 3 aromatic rings. The van der Waals surface area contributed by atoms with Crippen LogP contribution in [0.4, 0.5) is 10.1 Å². The summed E-state index contributed by atoms with van der Waals surface area (Å²) in [6, 6.07) is 13.2. The van der Waals surface area contributed by atoms with Crippen molar-refractivity contribution >= 4 is 28.4 Å². The SMILES string of the molecule is NC(=O)C1CCN(C(=O)c2cc(F)cc3cccnc23)c2ccccc21. The van der Waals surface area contributed by atoms with Crippen LogP contribution >= 0.6 is 0 Å². The number of benzene rings is 2. The molecule has 6 heteroatoms. The standard InChI is InChI=1S/C20H16FN3O2/c21-13-10-12-4-3-8-23-18(12)16(11-13)20(26)24-9-7-15(19(22)25)14-5-1-2-6-17(14)24/h1-6,8,10-11,15H,7,9H2,(H2,22,25). The zero-order chi connectivity index (χ0) is 18.3. The lowest BCUT2D eigenvalue weighted by Gasteiger charge is -2.33. The van der Waals surface area contributed by atoms with Crippen LogP contribution in [0.1, 0.15) is 28.3 Å². The molecule has 26 heavy (non-hydrogen) atoms. The van der Waals surface area contributed by atoms with E-state index in [4.69, 9.17) is 5.73 Å². The van der Waals surface area contributed by atoms with Crippen molar-refractivity contribution in [1.82, 2.24) is 4.98 Å². The number of fused-ring (bicyclic) bond motifs is 2. The highest BCUT2D eigenvalue weighted by Crippen LogP contribution is 2.36. The van der Waals surface area contributed by atoms with Crippen molar-refractivity contribution in [2.24, 2.45) is 5.73 Å². The fraction of sp³-hybridized carbons (Fsp3) is 0.150. The fourth-order valence-electron chi connectivity index (χ4n) is 3.53. The van der Waals surface area contributed by atoms with Crippen LogP contribution in [0.15, 0.2) is 54.7 Å². The molecule has 1 aromatic heterocycles. The normalized spacial score (nSPS) is 16.3. The van der Waals surface area contributed by atoms with Crippen molar-refractivity contribution in [2.75, 3.05) is 11.4 Å². The Hall–Kier alpha value is -3.28. The number of halogens is 1. The smallest absolute Gasteiger partial charge is 0.260 e. The molecular formula is C20H16FN3O2. The summed E-state index contributed by atoms with van der Waals surface area (Å²) in [6.07, 6.45) is 2.00. The number of para-hydroxylation sites is 1. The van der Waals surface area contributed by atoms with E-state index >= 15 is 0 Å². The van der Waals surface area contributed by atoms with Crippen molar-refractivity contribution < 1.29 is 14.0 Å². The third-order valence-electron chi connectivity index (χ3n) is 4.73. The van der Waals surface area contributed by atoms with Crippen LogP contribution in [-0.4, -0.2) is 23.3 Å². The summed E-state index contributed by atoms with van der Waals surface area (Å²) in [5, 5.41) is 0.566. The quantitative estimate of drug-likeness (QED) is 0.773. The van der Waals surface area contributed by atoms with E-state index in [1.165, 1.54) is 12.1 Å². The Balaban J connectivity index is 1.83. The number of pyridine rings is 1. The van der Waals surface area contributed by atoms with E-state index in [1.807, 2.05) is 6.07 Å². The second kappa shape index (κ2) is 6.22. The van der Waals surface area contributed by atoms with Crippen LogP contribution in [0.5, 0.6) is 0 Å². The molecule has 0 saturated heterocycles. The molecule has 1 aliphatic heterocycles. The molecule has 2 N–H and O–H groups in total. The predicted octanol–water partition coefficient (Wildman–Crippen LogP) is 2.99. The summed E-state index contributed by atoms with van der Waals surface area (Å²) < 4.78 is 14.0. The van der Waals surface area contributed by atoms with Crippen LogP contribution in [-0.2, 0) is 4.79 Å². The molecule has 5 nitrogen and oxygen atoms in total. The van der Waals surface area contributed by atoms with Crippen LogP contribution in [0.2, 0.25) is 0 Å². The molecule has 1 unspecified atom stereocenters. The number of amides is 2. The van der Waals surface area contributed by atoms with Crippen LogP contribution in [0.25, 0.3) is 10.9 Å². The number of primary amides is 1. The van der Waals surface area contributed by atoms with Gasteiger partial charge >= 0.3 is 0 Å². The highest BCUT2D eigenvalue weighted by molar-refractivity contribution is 6.13. The van der Waals surface area contributed by atoms with E-state index in [2.05, 4.69) is 4.98 Å². The third kappa shape index (κ3) is 2.60. The first-order valence-electron chi connectivity index (χ1n) is 8.30. The van der Waals surface area contributed by atoms with Gasteiger partial charge in [0.2, 0.25) is 5.91 Å². The molecule has 0 saturated carbocycles. The van der Waals surface area contributed by atoms with Crippen molar-refractivity contribution in [2.45, 2.75) is 12.3 Å². The molecule has 2 aromatic carbocycles. The van der Waals surface area contributed by atoms with Crippen LogP contribution in [0, 0.1) is 5.82 Å². The van der Waals surface area contributed by atoms with Gasteiger partial charge in [-0.25, -0.2) is 4.39 Å². The number of rotatable bonds is 2.